The highest BCUT2D eigenvalue weighted by Gasteiger charge is 2.27. The molecule has 4 heterocycles. The van der Waals surface area contributed by atoms with Gasteiger partial charge in [-0.15, -0.1) is 5.10 Å². The standard InChI is InChI=1S/C20H25N9S/c1-12(10-30-20-26-19(21)27-28-20)13-2-4-15(5-3-13)29-9-14(8-25-29)17-16-6-7-22-18(16)24-11-23-17/h6-9,11-13,15H,2-5,10H2,1H3,(H,22,23,24)(H3,21,26,27,28)/t12-,13?,15?/m0/s1. The van der Waals surface area contributed by atoms with Crippen LogP contribution in [0.2, 0.25) is 0 Å². The fourth-order valence-corrected chi connectivity index (χ4v) is 5.32. The predicted octanol–water partition coefficient (Wildman–Crippen LogP) is 3.68. The summed E-state index contributed by atoms with van der Waals surface area (Å²) in [4.78, 5) is 16.1. The molecular weight excluding hydrogens is 398 g/mol. The number of nitrogen functional groups attached to an aromatic ring is 1. The van der Waals surface area contributed by atoms with Gasteiger partial charge in [-0.05, 0) is 43.6 Å². The molecule has 156 valence electrons. The maximum atomic E-state index is 5.60. The molecule has 0 aliphatic heterocycles. The van der Waals surface area contributed by atoms with E-state index in [9.17, 15) is 0 Å². The molecule has 0 radical (unpaired) electrons. The molecule has 4 aromatic rings. The van der Waals surface area contributed by atoms with E-state index < -0.39 is 0 Å². The van der Waals surface area contributed by atoms with Gasteiger partial charge in [0.2, 0.25) is 11.1 Å². The van der Waals surface area contributed by atoms with Crippen molar-refractivity contribution in [2.24, 2.45) is 11.8 Å². The lowest BCUT2D eigenvalue weighted by atomic mass is 9.79. The summed E-state index contributed by atoms with van der Waals surface area (Å²) in [6.45, 7) is 2.33. The van der Waals surface area contributed by atoms with E-state index >= 15 is 0 Å². The molecule has 4 aromatic heterocycles. The lowest BCUT2D eigenvalue weighted by molar-refractivity contribution is 0.219. The first-order chi connectivity index (χ1) is 14.7. The lowest BCUT2D eigenvalue weighted by Gasteiger charge is -2.32. The maximum Gasteiger partial charge on any atom is 0.216 e. The summed E-state index contributed by atoms with van der Waals surface area (Å²) in [6.07, 6.45) is 12.3. The normalized spacial score (nSPS) is 20.6. The molecular formula is C20H25N9S. The second kappa shape index (κ2) is 8.10. The lowest BCUT2D eigenvalue weighted by Crippen LogP contribution is -2.23. The molecule has 1 aliphatic rings. The molecule has 0 aromatic carbocycles. The number of thioether (sulfide) groups is 1. The monoisotopic (exact) mass is 423 g/mol. The number of hydrogen-bond acceptors (Lipinski definition) is 7. The first-order valence-corrected chi connectivity index (χ1v) is 11.3. The Balaban J connectivity index is 1.19. The third-order valence-electron chi connectivity index (χ3n) is 6.11. The summed E-state index contributed by atoms with van der Waals surface area (Å²) in [7, 11) is 0. The van der Waals surface area contributed by atoms with E-state index in [0.717, 1.165) is 52.0 Å². The first kappa shape index (κ1) is 19.1. The number of aromatic amines is 2. The number of hydrogen-bond donors (Lipinski definition) is 3. The van der Waals surface area contributed by atoms with Gasteiger partial charge < -0.3 is 10.7 Å². The minimum atomic E-state index is 0.378. The third kappa shape index (κ3) is 3.79. The molecule has 0 amide bonds. The highest BCUT2D eigenvalue weighted by molar-refractivity contribution is 7.99. The largest absolute Gasteiger partial charge is 0.368 e. The van der Waals surface area contributed by atoms with Crippen molar-refractivity contribution in [3.63, 3.8) is 0 Å². The Bertz CT molecular complexity index is 1120. The highest BCUT2D eigenvalue weighted by Crippen LogP contribution is 2.38. The number of anilines is 1. The highest BCUT2D eigenvalue weighted by atomic mass is 32.2. The fourth-order valence-electron chi connectivity index (χ4n) is 4.36. The zero-order chi connectivity index (χ0) is 20.5. The smallest absolute Gasteiger partial charge is 0.216 e. The van der Waals surface area contributed by atoms with Gasteiger partial charge in [0.25, 0.3) is 0 Å². The molecule has 0 saturated heterocycles. The van der Waals surface area contributed by atoms with Crippen LogP contribution < -0.4 is 5.73 Å². The van der Waals surface area contributed by atoms with Crippen LogP contribution in [-0.2, 0) is 0 Å². The Morgan fingerprint density at radius 2 is 2.13 bits per heavy atom. The van der Waals surface area contributed by atoms with Gasteiger partial charge in [0.15, 0.2) is 0 Å². The minimum absolute atomic E-state index is 0.378. The molecule has 5 rings (SSSR count). The average molecular weight is 424 g/mol. The van der Waals surface area contributed by atoms with E-state index in [1.807, 2.05) is 18.5 Å². The van der Waals surface area contributed by atoms with Crippen molar-refractivity contribution in [1.29, 1.82) is 0 Å². The Kier molecular flexibility index (Phi) is 5.16. The summed E-state index contributed by atoms with van der Waals surface area (Å²) >= 11 is 1.68. The Labute approximate surface area is 178 Å². The van der Waals surface area contributed by atoms with E-state index in [-0.39, 0.29) is 0 Å². The minimum Gasteiger partial charge on any atom is -0.368 e. The molecule has 9 nitrogen and oxygen atoms in total. The fraction of sp³-hybridized carbons (Fsp3) is 0.450. The average Bonchev–Trinajstić information content (AvgIpc) is 3.52. The predicted molar refractivity (Wildman–Crippen MR) is 117 cm³/mol. The number of fused-ring (bicyclic) bond motifs is 1. The van der Waals surface area contributed by atoms with Gasteiger partial charge in [-0.3, -0.25) is 4.68 Å². The van der Waals surface area contributed by atoms with Gasteiger partial charge in [0.1, 0.15) is 12.0 Å². The van der Waals surface area contributed by atoms with Crippen LogP contribution in [0.3, 0.4) is 0 Å². The molecule has 0 spiro atoms. The van der Waals surface area contributed by atoms with Gasteiger partial charge in [0.05, 0.1) is 17.9 Å². The van der Waals surface area contributed by atoms with Crippen molar-refractivity contribution >= 4 is 28.7 Å². The number of nitrogens with two attached hydrogens (primary N) is 1. The summed E-state index contributed by atoms with van der Waals surface area (Å²) in [6, 6.07) is 2.46. The van der Waals surface area contributed by atoms with Gasteiger partial charge in [0, 0.05) is 29.1 Å². The second-order valence-electron chi connectivity index (χ2n) is 8.03. The zero-order valence-electron chi connectivity index (χ0n) is 16.8. The van der Waals surface area contributed by atoms with Crippen molar-refractivity contribution in [1.82, 2.24) is 39.9 Å². The second-order valence-corrected chi connectivity index (χ2v) is 9.02. The van der Waals surface area contributed by atoms with E-state index in [1.165, 1.54) is 12.8 Å². The first-order valence-electron chi connectivity index (χ1n) is 10.3. The number of H-pyrrole nitrogens is 2. The quantitative estimate of drug-likeness (QED) is 0.404. The topological polar surface area (TPSA) is 127 Å². The molecule has 1 atom stereocenters. The molecule has 30 heavy (non-hydrogen) atoms. The summed E-state index contributed by atoms with van der Waals surface area (Å²) in [5.41, 5.74) is 8.43. The van der Waals surface area contributed by atoms with Crippen LogP contribution in [0.1, 0.15) is 38.6 Å². The maximum absolute atomic E-state index is 5.60. The Morgan fingerprint density at radius 1 is 1.27 bits per heavy atom. The molecule has 4 N–H and O–H groups in total. The van der Waals surface area contributed by atoms with Crippen LogP contribution in [0.15, 0.2) is 36.1 Å². The van der Waals surface area contributed by atoms with Crippen LogP contribution in [-0.4, -0.2) is 45.7 Å². The number of nitrogens with zero attached hydrogens (tertiary/aromatic N) is 6. The molecule has 1 aliphatic carbocycles. The summed E-state index contributed by atoms with van der Waals surface area (Å²) in [5, 5.41) is 13.2. The van der Waals surface area contributed by atoms with Crippen molar-refractivity contribution in [2.45, 2.75) is 43.8 Å². The molecule has 1 fully saturated rings. The van der Waals surface area contributed by atoms with E-state index in [1.54, 1.807) is 18.1 Å². The van der Waals surface area contributed by atoms with E-state index in [4.69, 9.17) is 5.73 Å². The molecule has 1 saturated carbocycles. The number of nitrogens with one attached hydrogen (secondary N) is 2. The van der Waals surface area contributed by atoms with Gasteiger partial charge in [-0.25, -0.2) is 15.1 Å². The number of aromatic nitrogens is 8. The van der Waals surface area contributed by atoms with Gasteiger partial charge in [-0.2, -0.15) is 10.1 Å². The SMILES string of the molecule is C[C@@H](CSc1n[nH]c(N)n1)C1CCC(n2cc(-c3ncnc4[nH]ccc34)cn2)CC1. The molecule has 0 unspecified atom stereocenters. The summed E-state index contributed by atoms with van der Waals surface area (Å²) in [5.74, 6) is 2.73. The molecule has 0 bridgehead atoms. The van der Waals surface area contributed by atoms with Gasteiger partial charge >= 0.3 is 0 Å². The number of rotatable bonds is 6. The van der Waals surface area contributed by atoms with Crippen molar-refractivity contribution < 1.29 is 0 Å². The van der Waals surface area contributed by atoms with Crippen LogP contribution in [0.4, 0.5) is 5.95 Å². The van der Waals surface area contributed by atoms with Crippen molar-refractivity contribution in [2.75, 3.05) is 11.5 Å². The van der Waals surface area contributed by atoms with Crippen molar-refractivity contribution in [3.05, 3.63) is 31.0 Å². The third-order valence-corrected chi connectivity index (χ3v) is 7.24. The van der Waals surface area contributed by atoms with Crippen LogP contribution in [0, 0.1) is 11.8 Å². The van der Waals surface area contributed by atoms with E-state index in [2.05, 4.69) is 53.0 Å². The Hall–Kier alpha value is -2.88. The van der Waals surface area contributed by atoms with Crippen LogP contribution >= 0.6 is 11.8 Å². The molecule has 10 heteroatoms. The van der Waals surface area contributed by atoms with Crippen LogP contribution in [0.5, 0.6) is 0 Å². The zero-order valence-corrected chi connectivity index (χ0v) is 17.6. The van der Waals surface area contributed by atoms with Crippen LogP contribution in [0.25, 0.3) is 22.3 Å². The summed E-state index contributed by atoms with van der Waals surface area (Å²) < 4.78 is 2.13. The Morgan fingerprint density at radius 3 is 2.93 bits per heavy atom. The van der Waals surface area contributed by atoms with Crippen molar-refractivity contribution in [3.8, 4) is 11.3 Å². The van der Waals surface area contributed by atoms with E-state index in [0.29, 0.717) is 17.9 Å². The van der Waals surface area contributed by atoms with Gasteiger partial charge in [-0.1, -0.05) is 18.7 Å².